The summed E-state index contributed by atoms with van der Waals surface area (Å²) in [5, 5.41) is 0. The summed E-state index contributed by atoms with van der Waals surface area (Å²) < 4.78 is 16.4. The first kappa shape index (κ1) is 12.0. The molecule has 0 bridgehead atoms. The van der Waals surface area contributed by atoms with Crippen molar-refractivity contribution >= 4 is 6.29 Å². The van der Waals surface area contributed by atoms with E-state index in [-0.39, 0.29) is 30.5 Å². The van der Waals surface area contributed by atoms with Crippen LogP contribution in [0.4, 0.5) is 0 Å². The smallest absolute Gasteiger partial charge is 0.186 e. The fourth-order valence-electron chi connectivity index (χ4n) is 2.55. The van der Waals surface area contributed by atoms with Crippen molar-refractivity contribution in [3.05, 3.63) is 0 Å². The molecule has 16 heavy (non-hydrogen) atoms. The Labute approximate surface area is 96.2 Å². The molecule has 2 saturated heterocycles. The number of carbonyl (C=O) groups is 1. The molecule has 0 aliphatic carbocycles. The van der Waals surface area contributed by atoms with Gasteiger partial charge in [-0.2, -0.15) is 0 Å². The molecule has 0 amide bonds. The summed E-state index contributed by atoms with van der Waals surface area (Å²) in [6, 6.07) is 0. The summed E-state index contributed by atoms with van der Waals surface area (Å²) in [4.78, 5) is 10.9. The minimum absolute atomic E-state index is 0.0206. The number of rotatable bonds is 5. The molecule has 2 rings (SSSR count). The summed E-state index contributed by atoms with van der Waals surface area (Å²) in [6.45, 7) is 4.17. The second-order valence-electron chi connectivity index (χ2n) is 4.77. The van der Waals surface area contributed by atoms with Crippen molar-refractivity contribution in [1.29, 1.82) is 0 Å². The predicted octanol–water partition coefficient (Wildman–Crippen LogP) is 1.38. The summed E-state index contributed by atoms with van der Waals surface area (Å²) in [7, 11) is 1.64. The van der Waals surface area contributed by atoms with Crippen LogP contribution in [0.1, 0.15) is 26.7 Å². The zero-order valence-electron chi connectivity index (χ0n) is 10.1. The molecule has 0 radical (unpaired) electrons. The normalized spacial score (nSPS) is 44.3. The first-order chi connectivity index (χ1) is 7.71. The Hall–Kier alpha value is -0.450. The third-order valence-corrected chi connectivity index (χ3v) is 3.66. The Morgan fingerprint density at radius 3 is 2.69 bits per heavy atom. The zero-order valence-corrected chi connectivity index (χ0v) is 10.1. The maximum Gasteiger partial charge on any atom is 0.186 e. The van der Waals surface area contributed by atoms with Crippen LogP contribution in [0, 0.1) is 11.8 Å². The molecule has 0 saturated carbocycles. The van der Waals surface area contributed by atoms with E-state index in [9.17, 15) is 4.79 Å². The molecule has 0 aromatic heterocycles. The van der Waals surface area contributed by atoms with E-state index in [0.717, 1.165) is 19.1 Å². The van der Waals surface area contributed by atoms with Gasteiger partial charge in [-0.25, -0.2) is 0 Å². The molecule has 0 aromatic rings. The highest BCUT2D eigenvalue weighted by Gasteiger charge is 2.52. The first-order valence-electron chi connectivity index (χ1n) is 6.00. The number of carbonyl (C=O) groups excluding carboxylic acids is 1. The van der Waals surface area contributed by atoms with Crippen molar-refractivity contribution in [2.75, 3.05) is 7.11 Å². The Morgan fingerprint density at radius 2 is 2.19 bits per heavy atom. The Balaban J connectivity index is 1.91. The Morgan fingerprint density at radius 1 is 1.44 bits per heavy atom. The van der Waals surface area contributed by atoms with Gasteiger partial charge >= 0.3 is 0 Å². The van der Waals surface area contributed by atoms with E-state index in [1.807, 2.05) is 6.92 Å². The van der Waals surface area contributed by atoms with Gasteiger partial charge in [0.05, 0.1) is 12.2 Å². The van der Waals surface area contributed by atoms with Gasteiger partial charge in [0.15, 0.2) is 6.29 Å². The molecular weight excluding hydrogens is 208 g/mol. The fraction of sp³-hybridized carbons (Fsp3) is 0.917. The van der Waals surface area contributed by atoms with Gasteiger partial charge in [0.2, 0.25) is 0 Å². The predicted molar refractivity (Wildman–Crippen MR) is 58.0 cm³/mol. The van der Waals surface area contributed by atoms with Crippen molar-refractivity contribution in [3.8, 4) is 0 Å². The minimum Gasteiger partial charge on any atom is -0.371 e. The van der Waals surface area contributed by atoms with Crippen LogP contribution in [0.5, 0.6) is 0 Å². The van der Waals surface area contributed by atoms with Crippen molar-refractivity contribution in [2.45, 2.75) is 51.3 Å². The molecule has 2 aliphatic heterocycles. The third kappa shape index (κ3) is 2.14. The number of hydrogen-bond donors (Lipinski definition) is 0. The van der Waals surface area contributed by atoms with Gasteiger partial charge in [0.1, 0.15) is 12.4 Å². The quantitative estimate of drug-likeness (QED) is 0.527. The van der Waals surface area contributed by atoms with Gasteiger partial charge in [0.25, 0.3) is 0 Å². The molecule has 2 heterocycles. The number of hydrogen-bond acceptors (Lipinski definition) is 4. The average molecular weight is 228 g/mol. The highest BCUT2D eigenvalue weighted by atomic mass is 16.8. The number of epoxide rings is 1. The van der Waals surface area contributed by atoms with Crippen LogP contribution in [-0.4, -0.2) is 38.0 Å². The molecule has 2 aliphatic rings. The standard InChI is InChI=1S/C12H20O4/c1-4-8(6-13)9-5-7(2)10(15-9)11-12(14-3)16-11/h6-12H,4-5H2,1-3H3/t7-,8-,9+,10+,11+,12+/m1/s1. The van der Waals surface area contributed by atoms with Crippen molar-refractivity contribution in [1.82, 2.24) is 0 Å². The molecule has 6 atom stereocenters. The Kier molecular flexibility index (Phi) is 3.62. The van der Waals surface area contributed by atoms with Crippen LogP contribution in [0.2, 0.25) is 0 Å². The fourth-order valence-corrected chi connectivity index (χ4v) is 2.55. The maximum absolute atomic E-state index is 10.9. The molecule has 4 heteroatoms. The minimum atomic E-state index is -0.109. The van der Waals surface area contributed by atoms with Gasteiger partial charge in [-0.3, -0.25) is 0 Å². The second-order valence-corrected chi connectivity index (χ2v) is 4.77. The lowest BCUT2D eigenvalue weighted by Gasteiger charge is -2.16. The lowest BCUT2D eigenvalue weighted by Crippen LogP contribution is -2.26. The largest absolute Gasteiger partial charge is 0.371 e. The highest BCUT2D eigenvalue weighted by molar-refractivity contribution is 5.54. The van der Waals surface area contributed by atoms with Crippen LogP contribution in [0.15, 0.2) is 0 Å². The first-order valence-corrected chi connectivity index (χ1v) is 6.00. The molecule has 92 valence electrons. The van der Waals surface area contributed by atoms with Gasteiger partial charge < -0.3 is 19.0 Å². The molecule has 0 unspecified atom stereocenters. The van der Waals surface area contributed by atoms with E-state index >= 15 is 0 Å². The molecule has 4 nitrogen and oxygen atoms in total. The highest BCUT2D eigenvalue weighted by Crippen LogP contribution is 2.40. The Bertz CT molecular complexity index is 255. The zero-order chi connectivity index (χ0) is 11.7. The van der Waals surface area contributed by atoms with E-state index in [2.05, 4.69) is 6.92 Å². The molecular formula is C12H20O4. The molecule has 2 fully saturated rings. The SMILES string of the molecule is CC[C@H](C=O)[C@@H]1C[C@@H](C)[C@@H]([C@@H]2O[C@@H]2OC)O1. The van der Waals surface area contributed by atoms with Crippen LogP contribution in [-0.2, 0) is 19.0 Å². The third-order valence-electron chi connectivity index (χ3n) is 3.66. The van der Waals surface area contributed by atoms with Crippen LogP contribution in [0.3, 0.4) is 0 Å². The van der Waals surface area contributed by atoms with Crippen LogP contribution >= 0.6 is 0 Å². The van der Waals surface area contributed by atoms with Crippen molar-refractivity contribution in [2.24, 2.45) is 11.8 Å². The van der Waals surface area contributed by atoms with E-state index in [1.54, 1.807) is 7.11 Å². The van der Waals surface area contributed by atoms with Crippen LogP contribution < -0.4 is 0 Å². The van der Waals surface area contributed by atoms with E-state index in [1.165, 1.54) is 0 Å². The summed E-state index contributed by atoms with van der Waals surface area (Å²) in [5.41, 5.74) is 0. The van der Waals surface area contributed by atoms with E-state index < -0.39 is 0 Å². The summed E-state index contributed by atoms with van der Waals surface area (Å²) in [6.07, 6.45) is 2.90. The van der Waals surface area contributed by atoms with Gasteiger partial charge in [-0.15, -0.1) is 0 Å². The molecule has 0 aromatic carbocycles. The van der Waals surface area contributed by atoms with Crippen molar-refractivity contribution in [3.63, 3.8) is 0 Å². The van der Waals surface area contributed by atoms with Crippen molar-refractivity contribution < 1.29 is 19.0 Å². The number of aldehydes is 1. The van der Waals surface area contributed by atoms with E-state index in [4.69, 9.17) is 14.2 Å². The second kappa shape index (κ2) is 4.82. The number of methoxy groups -OCH3 is 1. The topological polar surface area (TPSA) is 48.1 Å². The number of ether oxygens (including phenoxy) is 3. The maximum atomic E-state index is 10.9. The lowest BCUT2D eigenvalue weighted by atomic mass is 9.93. The van der Waals surface area contributed by atoms with Gasteiger partial charge in [-0.1, -0.05) is 13.8 Å². The van der Waals surface area contributed by atoms with Gasteiger partial charge in [0, 0.05) is 13.0 Å². The van der Waals surface area contributed by atoms with Crippen LogP contribution in [0.25, 0.3) is 0 Å². The monoisotopic (exact) mass is 228 g/mol. The molecule has 0 spiro atoms. The lowest BCUT2D eigenvalue weighted by molar-refractivity contribution is -0.116. The average Bonchev–Trinajstić information content (AvgIpc) is 2.97. The van der Waals surface area contributed by atoms with E-state index in [0.29, 0.717) is 5.92 Å². The summed E-state index contributed by atoms with van der Waals surface area (Å²) >= 11 is 0. The summed E-state index contributed by atoms with van der Waals surface area (Å²) in [5.74, 6) is 0.455. The van der Waals surface area contributed by atoms with Gasteiger partial charge in [-0.05, 0) is 18.8 Å². The molecule has 0 N–H and O–H groups in total.